The van der Waals surface area contributed by atoms with Gasteiger partial charge in [-0.3, -0.25) is 18.7 Å². The van der Waals surface area contributed by atoms with Crippen LogP contribution in [0.15, 0.2) is 76.4 Å². The van der Waals surface area contributed by atoms with E-state index in [-0.39, 0.29) is 42.0 Å². The molecule has 4 rings (SSSR count). The van der Waals surface area contributed by atoms with Crippen molar-refractivity contribution in [3.05, 3.63) is 104 Å². The molecule has 0 aliphatic heterocycles. The second-order valence-corrected chi connectivity index (χ2v) is 7.93. The maximum absolute atomic E-state index is 13.4. The fourth-order valence-corrected chi connectivity index (χ4v) is 3.72. The van der Waals surface area contributed by atoms with Gasteiger partial charge in [0.25, 0.3) is 5.56 Å². The van der Waals surface area contributed by atoms with E-state index in [1.54, 1.807) is 43.3 Å². The Morgan fingerprint density at radius 2 is 1.71 bits per heavy atom. The topological polar surface area (TPSA) is 112 Å². The molecule has 4 aromatic rings. The smallest absolute Gasteiger partial charge is 0.340 e. The number of nitrogens with one attached hydrogen (secondary N) is 1. The molecule has 0 saturated heterocycles. The van der Waals surface area contributed by atoms with Crippen molar-refractivity contribution in [3.8, 4) is 0 Å². The van der Waals surface area contributed by atoms with Crippen molar-refractivity contribution in [1.29, 1.82) is 0 Å². The maximum Gasteiger partial charge on any atom is 0.340 e. The first-order chi connectivity index (χ1) is 16.9. The third-order valence-electron chi connectivity index (χ3n) is 5.45. The van der Waals surface area contributed by atoms with E-state index >= 15 is 0 Å². The Morgan fingerprint density at radius 3 is 2.46 bits per heavy atom. The number of rotatable bonds is 7. The summed E-state index contributed by atoms with van der Waals surface area (Å²) in [5.74, 6) is -1.11. The molecule has 178 valence electrons. The number of aromatic nitrogens is 3. The summed E-state index contributed by atoms with van der Waals surface area (Å²) in [4.78, 5) is 55.8. The number of carbonyl (C=O) groups excluding carboxylic acids is 2. The summed E-state index contributed by atoms with van der Waals surface area (Å²) in [5.41, 5.74) is 1.45. The highest BCUT2D eigenvalue weighted by Gasteiger charge is 2.18. The lowest BCUT2D eigenvalue weighted by atomic mass is 10.1. The number of para-hydroxylation sites is 1. The van der Waals surface area contributed by atoms with Crippen LogP contribution in [0, 0.1) is 6.92 Å². The summed E-state index contributed by atoms with van der Waals surface area (Å²) in [6.07, 6.45) is 1.46. The highest BCUT2D eigenvalue weighted by atomic mass is 16.5. The number of pyridine rings is 1. The summed E-state index contributed by atoms with van der Waals surface area (Å²) >= 11 is 0. The number of carbonyl (C=O) groups is 2. The van der Waals surface area contributed by atoms with Crippen LogP contribution in [0.1, 0.15) is 28.4 Å². The largest absolute Gasteiger partial charge is 0.462 e. The van der Waals surface area contributed by atoms with Gasteiger partial charge in [-0.25, -0.2) is 14.6 Å². The van der Waals surface area contributed by atoms with Gasteiger partial charge >= 0.3 is 11.7 Å². The molecule has 1 N–H and O–H groups in total. The van der Waals surface area contributed by atoms with E-state index in [9.17, 15) is 19.2 Å². The number of fused-ring (bicyclic) bond motifs is 1. The molecule has 2 aromatic heterocycles. The molecule has 2 aromatic carbocycles. The number of anilines is 1. The summed E-state index contributed by atoms with van der Waals surface area (Å²) in [6.45, 7) is 3.49. The van der Waals surface area contributed by atoms with E-state index in [4.69, 9.17) is 4.74 Å². The summed E-state index contributed by atoms with van der Waals surface area (Å²) in [5, 5.41) is 2.67. The van der Waals surface area contributed by atoms with Crippen molar-refractivity contribution in [1.82, 2.24) is 14.1 Å². The number of aryl methyl sites for hydroxylation is 1. The lowest BCUT2D eigenvalue weighted by Crippen LogP contribution is -2.42. The fourth-order valence-electron chi connectivity index (χ4n) is 3.72. The van der Waals surface area contributed by atoms with Crippen LogP contribution in [-0.2, 0) is 22.6 Å². The molecule has 0 saturated carbocycles. The lowest BCUT2D eigenvalue weighted by Gasteiger charge is -2.15. The number of hydrogen-bond donors (Lipinski definition) is 1. The van der Waals surface area contributed by atoms with E-state index < -0.39 is 23.1 Å². The number of ether oxygens (including phenoxy) is 1. The van der Waals surface area contributed by atoms with Gasteiger partial charge in [-0.2, -0.15) is 0 Å². The van der Waals surface area contributed by atoms with E-state index in [0.717, 1.165) is 15.7 Å². The number of nitrogens with zero attached hydrogens (tertiary/aromatic N) is 3. The third-order valence-corrected chi connectivity index (χ3v) is 5.45. The van der Waals surface area contributed by atoms with E-state index in [1.165, 1.54) is 10.8 Å². The van der Waals surface area contributed by atoms with Gasteiger partial charge in [-0.05, 0) is 43.7 Å². The zero-order valence-electron chi connectivity index (χ0n) is 19.4. The molecular formula is C26H24N4O5. The molecule has 0 aliphatic carbocycles. The summed E-state index contributed by atoms with van der Waals surface area (Å²) < 4.78 is 7.32. The van der Waals surface area contributed by atoms with Crippen LogP contribution in [0.4, 0.5) is 5.69 Å². The number of amides is 1. The van der Waals surface area contributed by atoms with E-state index in [2.05, 4.69) is 10.3 Å². The first kappa shape index (κ1) is 23.6. The molecule has 2 heterocycles. The minimum absolute atomic E-state index is 0.0395. The highest BCUT2D eigenvalue weighted by Crippen LogP contribution is 2.16. The predicted octanol–water partition coefficient (Wildman–Crippen LogP) is 2.73. The molecule has 0 fully saturated rings. The molecule has 9 nitrogen and oxygen atoms in total. The molecule has 9 heteroatoms. The fraction of sp³-hybridized carbons (Fsp3) is 0.192. The minimum atomic E-state index is -0.634. The van der Waals surface area contributed by atoms with Gasteiger partial charge < -0.3 is 10.1 Å². The first-order valence-corrected chi connectivity index (χ1v) is 11.1. The van der Waals surface area contributed by atoms with Gasteiger partial charge in [0.15, 0.2) is 5.52 Å². The van der Waals surface area contributed by atoms with E-state index in [0.29, 0.717) is 0 Å². The van der Waals surface area contributed by atoms with Crippen molar-refractivity contribution in [2.45, 2.75) is 26.9 Å². The predicted molar refractivity (Wildman–Crippen MR) is 132 cm³/mol. The Bertz CT molecular complexity index is 1520. The maximum atomic E-state index is 13.4. The van der Waals surface area contributed by atoms with Gasteiger partial charge in [-0.15, -0.1) is 0 Å². The van der Waals surface area contributed by atoms with Crippen LogP contribution in [0.5, 0.6) is 0 Å². The van der Waals surface area contributed by atoms with Crippen LogP contribution in [-0.4, -0.2) is 32.6 Å². The Hall–Kier alpha value is -4.53. The lowest BCUT2D eigenvalue weighted by molar-refractivity contribution is -0.116. The molecular weight excluding hydrogens is 448 g/mol. The molecule has 0 aliphatic rings. The summed E-state index contributed by atoms with van der Waals surface area (Å²) in [6, 6.07) is 17.1. The van der Waals surface area contributed by atoms with Crippen molar-refractivity contribution in [2.24, 2.45) is 0 Å². The highest BCUT2D eigenvalue weighted by molar-refractivity contribution is 6.01. The van der Waals surface area contributed by atoms with Gasteiger partial charge in [0.05, 0.1) is 29.9 Å². The van der Waals surface area contributed by atoms with Crippen LogP contribution in [0.25, 0.3) is 11.0 Å². The average molecular weight is 473 g/mol. The van der Waals surface area contributed by atoms with Crippen LogP contribution >= 0.6 is 0 Å². The zero-order valence-corrected chi connectivity index (χ0v) is 19.4. The second kappa shape index (κ2) is 10.2. The second-order valence-electron chi connectivity index (χ2n) is 7.93. The summed E-state index contributed by atoms with van der Waals surface area (Å²) in [7, 11) is 0. The van der Waals surface area contributed by atoms with Gasteiger partial charge in [0, 0.05) is 6.20 Å². The Morgan fingerprint density at radius 1 is 0.971 bits per heavy atom. The standard InChI is InChI=1S/C26H24N4O5/c1-3-35-25(33)19-7-4-5-8-20(19)28-22(31)16-29-21-9-6-14-27-23(21)24(32)30(26(29)34)15-18-12-10-17(2)11-13-18/h4-14H,3,15-16H2,1-2H3,(H,28,31). The SMILES string of the molecule is CCOC(=O)c1ccccc1NC(=O)Cn1c(=O)n(Cc2ccc(C)cc2)c(=O)c2ncccc21. The molecule has 35 heavy (non-hydrogen) atoms. The van der Waals surface area contributed by atoms with Gasteiger partial charge in [0.2, 0.25) is 5.91 Å². The quantitative estimate of drug-likeness (QED) is 0.414. The van der Waals surface area contributed by atoms with Gasteiger partial charge in [-0.1, -0.05) is 42.0 Å². The number of hydrogen-bond acceptors (Lipinski definition) is 6. The van der Waals surface area contributed by atoms with Crippen molar-refractivity contribution >= 4 is 28.6 Å². The van der Waals surface area contributed by atoms with E-state index in [1.807, 2.05) is 31.2 Å². The minimum Gasteiger partial charge on any atom is -0.462 e. The monoisotopic (exact) mass is 472 g/mol. The normalized spacial score (nSPS) is 10.8. The number of benzene rings is 2. The molecule has 0 spiro atoms. The average Bonchev–Trinajstić information content (AvgIpc) is 2.86. The molecule has 0 atom stereocenters. The number of esters is 1. The zero-order chi connectivity index (χ0) is 24.9. The Labute approximate surface area is 200 Å². The van der Waals surface area contributed by atoms with Crippen LogP contribution in [0.3, 0.4) is 0 Å². The molecule has 0 radical (unpaired) electrons. The van der Waals surface area contributed by atoms with Crippen LogP contribution in [0.2, 0.25) is 0 Å². The van der Waals surface area contributed by atoms with Gasteiger partial charge in [0.1, 0.15) is 6.54 Å². The molecule has 0 unspecified atom stereocenters. The van der Waals surface area contributed by atoms with Crippen molar-refractivity contribution < 1.29 is 14.3 Å². The van der Waals surface area contributed by atoms with Crippen molar-refractivity contribution in [2.75, 3.05) is 11.9 Å². The Kier molecular flexibility index (Phi) is 6.86. The third kappa shape index (κ3) is 5.03. The van der Waals surface area contributed by atoms with Crippen LogP contribution < -0.4 is 16.6 Å². The first-order valence-electron chi connectivity index (χ1n) is 11.1. The Balaban J connectivity index is 1.71. The molecule has 0 bridgehead atoms. The van der Waals surface area contributed by atoms with Crippen molar-refractivity contribution in [3.63, 3.8) is 0 Å². The molecule has 1 amide bonds.